The first-order valence-corrected chi connectivity index (χ1v) is 9.67. The van der Waals surface area contributed by atoms with Gasteiger partial charge in [-0.05, 0) is 42.7 Å². The number of hydrogen-bond acceptors (Lipinski definition) is 6. The van der Waals surface area contributed by atoms with Crippen molar-refractivity contribution in [2.75, 3.05) is 23.3 Å². The molecule has 1 saturated heterocycles. The van der Waals surface area contributed by atoms with Gasteiger partial charge in [0.2, 0.25) is 5.65 Å². The van der Waals surface area contributed by atoms with E-state index >= 15 is 0 Å². The van der Waals surface area contributed by atoms with Crippen LogP contribution in [0.5, 0.6) is 0 Å². The van der Waals surface area contributed by atoms with Gasteiger partial charge in [0, 0.05) is 43.8 Å². The van der Waals surface area contributed by atoms with Crippen LogP contribution < -0.4 is 10.2 Å². The Morgan fingerprint density at radius 3 is 2.76 bits per heavy atom. The van der Waals surface area contributed by atoms with Crippen LogP contribution in [0, 0.1) is 5.82 Å². The first-order chi connectivity index (χ1) is 14.3. The highest BCUT2D eigenvalue weighted by Crippen LogP contribution is 2.23. The molecular formula is C21H20FN7. The smallest absolute Gasteiger partial charge is 0.203 e. The zero-order valence-corrected chi connectivity index (χ0v) is 15.8. The summed E-state index contributed by atoms with van der Waals surface area (Å²) in [5, 5.41) is 11.8. The van der Waals surface area contributed by atoms with E-state index in [0.717, 1.165) is 24.5 Å². The third kappa shape index (κ3) is 3.49. The lowest BCUT2D eigenvalue weighted by Gasteiger charge is -2.17. The van der Waals surface area contributed by atoms with Gasteiger partial charge in [-0.25, -0.2) is 14.4 Å². The Balaban J connectivity index is 1.39. The van der Waals surface area contributed by atoms with Gasteiger partial charge in [-0.3, -0.25) is 4.40 Å². The van der Waals surface area contributed by atoms with E-state index in [2.05, 4.69) is 36.4 Å². The topological polar surface area (TPSA) is 71.2 Å². The van der Waals surface area contributed by atoms with Crippen LogP contribution in [-0.4, -0.2) is 37.7 Å². The second kappa shape index (κ2) is 7.46. The summed E-state index contributed by atoms with van der Waals surface area (Å²) < 4.78 is 15.4. The Kier molecular flexibility index (Phi) is 4.51. The van der Waals surface area contributed by atoms with Crippen molar-refractivity contribution in [3.63, 3.8) is 0 Å². The van der Waals surface area contributed by atoms with Gasteiger partial charge in [-0.15, -0.1) is 10.2 Å². The van der Waals surface area contributed by atoms with Crippen LogP contribution in [0.3, 0.4) is 0 Å². The van der Waals surface area contributed by atoms with E-state index in [1.807, 2.05) is 22.7 Å². The van der Waals surface area contributed by atoms with Gasteiger partial charge in [-0.1, -0.05) is 12.1 Å². The predicted molar refractivity (Wildman–Crippen MR) is 109 cm³/mol. The Bertz CT molecular complexity index is 1150. The van der Waals surface area contributed by atoms with Gasteiger partial charge in [0.15, 0.2) is 11.6 Å². The van der Waals surface area contributed by atoms with Gasteiger partial charge in [0.1, 0.15) is 11.6 Å². The quantitative estimate of drug-likeness (QED) is 0.563. The monoisotopic (exact) mass is 389 g/mol. The zero-order valence-electron chi connectivity index (χ0n) is 15.8. The summed E-state index contributed by atoms with van der Waals surface area (Å²) in [7, 11) is 0. The number of hydrogen-bond donors (Lipinski definition) is 1. The highest BCUT2D eigenvalue weighted by atomic mass is 19.1. The van der Waals surface area contributed by atoms with Crippen molar-refractivity contribution in [1.82, 2.24) is 24.6 Å². The van der Waals surface area contributed by atoms with Gasteiger partial charge >= 0.3 is 0 Å². The molecule has 0 saturated carbocycles. The number of nitrogens with one attached hydrogen (secondary N) is 1. The third-order valence-electron chi connectivity index (χ3n) is 5.11. The van der Waals surface area contributed by atoms with E-state index in [1.54, 1.807) is 18.5 Å². The molecule has 4 heterocycles. The second-order valence-corrected chi connectivity index (χ2v) is 7.07. The normalized spacial score (nSPS) is 13.9. The molecule has 3 aromatic heterocycles. The minimum atomic E-state index is -0.307. The molecule has 1 aromatic carbocycles. The van der Waals surface area contributed by atoms with Crippen LogP contribution in [0.1, 0.15) is 18.4 Å². The number of fused-ring (bicyclic) bond motifs is 1. The maximum absolute atomic E-state index is 13.6. The molecule has 1 N–H and O–H groups in total. The molecule has 0 bridgehead atoms. The lowest BCUT2D eigenvalue weighted by Crippen LogP contribution is -2.19. The zero-order chi connectivity index (χ0) is 19.6. The predicted octanol–water partition coefficient (Wildman–Crippen LogP) is 3.54. The summed E-state index contributed by atoms with van der Waals surface area (Å²) >= 11 is 0. The van der Waals surface area contributed by atoms with Crippen molar-refractivity contribution in [2.24, 2.45) is 0 Å². The largest absolute Gasteiger partial charge is 0.363 e. The molecule has 0 unspecified atom stereocenters. The van der Waals surface area contributed by atoms with Crippen LogP contribution in [0.15, 0.2) is 55.0 Å². The third-order valence-corrected chi connectivity index (χ3v) is 5.11. The fourth-order valence-electron chi connectivity index (χ4n) is 3.65. The number of pyridine rings is 1. The SMILES string of the molecule is Fc1cccc(-c2nnc3c(NCc4ccnc(N5CCCC5)c4)nccn23)c1. The molecule has 1 fully saturated rings. The van der Waals surface area contributed by atoms with Crippen molar-refractivity contribution in [3.8, 4) is 11.4 Å². The minimum Gasteiger partial charge on any atom is -0.363 e. The maximum atomic E-state index is 13.6. The average molecular weight is 389 g/mol. The number of nitrogens with zero attached hydrogens (tertiary/aromatic N) is 6. The van der Waals surface area contributed by atoms with E-state index in [4.69, 9.17) is 0 Å². The number of halogens is 1. The summed E-state index contributed by atoms with van der Waals surface area (Å²) in [6, 6.07) is 10.4. The fourth-order valence-corrected chi connectivity index (χ4v) is 3.65. The van der Waals surface area contributed by atoms with E-state index in [9.17, 15) is 4.39 Å². The van der Waals surface area contributed by atoms with Crippen LogP contribution in [0.4, 0.5) is 16.0 Å². The first kappa shape index (κ1) is 17.5. The molecule has 7 nitrogen and oxygen atoms in total. The van der Waals surface area contributed by atoms with Crippen LogP contribution in [0.25, 0.3) is 17.0 Å². The van der Waals surface area contributed by atoms with Crippen molar-refractivity contribution >= 4 is 17.3 Å². The van der Waals surface area contributed by atoms with Gasteiger partial charge < -0.3 is 10.2 Å². The molecule has 8 heteroatoms. The van der Waals surface area contributed by atoms with Crippen molar-refractivity contribution in [2.45, 2.75) is 19.4 Å². The molecule has 146 valence electrons. The van der Waals surface area contributed by atoms with Crippen molar-refractivity contribution in [1.29, 1.82) is 0 Å². The molecular weight excluding hydrogens is 369 g/mol. The van der Waals surface area contributed by atoms with E-state index in [1.165, 1.54) is 25.0 Å². The summed E-state index contributed by atoms with van der Waals surface area (Å²) in [4.78, 5) is 11.2. The highest BCUT2D eigenvalue weighted by molar-refractivity contribution is 5.67. The van der Waals surface area contributed by atoms with Gasteiger partial charge in [0.25, 0.3) is 0 Å². The van der Waals surface area contributed by atoms with Crippen molar-refractivity contribution < 1.29 is 4.39 Å². The molecule has 0 aliphatic carbocycles. The Labute approximate surface area is 167 Å². The Morgan fingerprint density at radius 1 is 1.00 bits per heavy atom. The lowest BCUT2D eigenvalue weighted by molar-refractivity contribution is 0.628. The number of aromatic nitrogens is 5. The lowest BCUT2D eigenvalue weighted by atomic mass is 10.2. The molecule has 0 atom stereocenters. The van der Waals surface area contributed by atoms with E-state index in [0.29, 0.717) is 29.4 Å². The summed E-state index contributed by atoms with van der Waals surface area (Å²) in [6.07, 6.45) is 7.74. The molecule has 0 radical (unpaired) electrons. The summed E-state index contributed by atoms with van der Waals surface area (Å²) in [5.74, 6) is 1.91. The molecule has 1 aliphatic rings. The molecule has 0 amide bonds. The first-order valence-electron chi connectivity index (χ1n) is 9.67. The van der Waals surface area contributed by atoms with Crippen LogP contribution >= 0.6 is 0 Å². The maximum Gasteiger partial charge on any atom is 0.203 e. The number of rotatable bonds is 5. The molecule has 1 aliphatic heterocycles. The fraction of sp³-hybridized carbons (Fsp3) is 0.238. The van der Waals surface area contributed by atoms with E-state index in [-0.39, 0.29) is 5.82 Å². The standard InChI is InChI=1S/C21H20FN7/c22-17-5-3-4-16(13-17)20-26-27-21-19(24-8-11-29(20)21)25-14-15-6-7-23-18(12-15)28-9-1-2-10-28/h3-8,11-13H,1-2,9-10,14H2,(H,24,25). The van der Waals surface area contributed by atoms with Crippen molar-refractivity contribution in [3.05, 3.63) is 66.4 Å². The molecule has 5 rings (SSSR count). The minimum absolute atomic E-state index is 0.307. The van der Waals surface area contributed by atoms with Gasteiger partial charge in [-0.2, -0.15) is 0 Å². The second-order valence-electron chi connectivity index (χ2n) is 7.07. The summed E-state index contributed by atoms with van der Waals surface area (Å²) in [6.45, 7) is 2.72. The molecule has 4 aromatic rings. The van der Waals surface area contributed by atoms with E-state index < -0.39 is 0 Å². The highest BCUT2D eigenvalue weighted by Gasteiger charge is 2.15. The Morgan fingerprint density at radius 2 is 1.90 bits per heavy atom. The molecule has 0 spiro atoms. The average Bonchev–Trinajstić information content (AvgIpc) is 3.43. The van der Waals surface area contributed by atoms with Gasteiger partial charge in [0.05, 0.1) is 0 Å². The Hall–Kier alpha value is -3.55. The van der Waals surface area contributed by atoms with Crippen LogP contribution in [-0.2, 0) is 6.54 Å². The summed E-state index contributed by atoms with van der Waals surface area (Å²) in [5.41, 5.74) is 2.38. The molecule has 29 heavy (non-hydrogen) atoms. The number of benzene rings is 1. The van der Waals surface area contributed by atoms with Crippen LogP contribution in [0.2, 0.25) is 0 Å². The number of anilines is 2.